The summed E-state index contributed by atoms with van der Waals surface area (Å²) in [5.41, 5.74) is 0.947. The molecule has 2 rings (SSSR count). The number of nitrogens with two attached hydrogens (primary N) is 1. The number of hydrogen-bond acceptors (Lipinski definition) is 4. The second kappa shape index (κ2) is 4.07. The van der Waals surface area contributed by atoms with Crippen LogP contribution in [-0.4, -0.2) is 13.7 Å². The van der Waals surface area contributed by atoms with Crippen molar-refractivity contribution < 1.29 is 8.76 Å². The Bertz CT molecular complexity index is 662. The molecule has 1 atom stereocenters. The second-order valence-corrected chi connectivity index (χ2v) is 5.35. The Morgan fingerprint density at radius 3 is 2.56 bits per heavy atom. The number of nitrogens with zero attached hydrogens (tertiary/aromatic N) is 2. The minimum absolute atomic E-state index is 0.0498. The lowest BCUT2D eigenvalue weighted by molar-refractivity contribution is 0.553. The van der Waals surface area contributed by atoms with E-state index in [1.165, 1.54) is 6.20 Å². The third-order valence-electron chi connectivity index (χ3n) is 2.20. The molecule has 1 heterocycles. The summed E-state index contributed by atoms with van der Waals surface area (Å²) >= 11 is 0. The predicted molar refractivity (Wildman–Crippen MR) is 60.5 cm³/mol. The van der Waals surface area contributed by atoms with E-state index in [4.69, 9.17) is 5.84 Å². The van der Waals surface area contributed by atoms with Gasteiger partial charge in [-0.05, 0) is 5.56 Å². The van der Waals surface area contributed by atoms with Crippen molar-refractivity contribution in [2.45, 2.75) is 5.75 Å². The van der Waals surface area contributed by atoms with Gasteiger partial charge in [0.25, 0.3) is 0 Å². The molecule has 0 radical (unpaired) electrons. The van der Waals surface area contributed by atoms with Gasteiger partial charge in [-0.15, -0.1) is 0 Å². The number of hydrogen-bond donors (Lipinski definition) is 2. The van der Waals surface area contributed by atoms with Crippen LogP contribution in [0.15, 0.2) is 41.6 Å². The summed E-state index contributed by atoms with van der Waals surface area (Å²) in [6.07, 6.45) is 1.33. The van der Waals surface area contributed by atoms with Crippen LogP contribution in [0.3, 0.4) is 0 Å². The number of aromatic nitrogens is 1. The van der Waals surface area contributed by atoms with Gasteiger partial charge in [-0.25, -0.2) is 9.19 Å². The van der Waals surface area contributed by atoms with Gasteiger partial charge in [0.15, 0.2) is 5.49 Å². The lowest BCUT2D eigenvalue weighted by Crippen LogP contribution is -2.22. The molecule has 0 saturated heterocycles. The standard InChI is InChI=1S/C10H11N3O2S/c11-13-10-9(6-12-10)16(14,15)7-8-4-2-1-3-5-8/h1-6H,7,11H2,(H,14,15). The molecule has 1 unspecified atom stereocenters. The van der Waals surface area contributed by atoms with E-state index >= 15 is 0 Å². The van der Waals surface area contributed by atoms with Crippen LogP contribution in [0.2, 0.25) is 0 Å². The molecule has 16 heavy (non-hydrogen) atoms. The van der Waals surface area contributed by atoms with Crippen molar-refractivity contribution in [2.24, 2.45) is 10.9 Å². The van der Waals surface area contributed by atoms with Crippen LogP contribution >= 0.6 is 0 Å². The molecule has 0 aliphatic heterocycles. The molecule has 0 aliphatic rings. The van der Waals surface area contributed by atoms with Crippen LogP contribution in [0.1, 0.15) is 5.56 Å². The van der Waals surface area contributed by atoms with Gasteiger partial charge in [0.2, 0.25) is 0 Å². The van der Waals surface area contributed by atoms with Gasteiger partial charge in [-0.2, -0.15) is 5.10 Å². The van der Waals surface area contributed by atoms with Gasteiger partial charge in [0.1, 0.15) is 4.51 Å². The fraction of sp³-hybridized carbons (Fsp3) is 0.100. The van der Waals surface area contributed by atoms with E-state index < -0.39 is 9.80 Å². The molecule has 0 bridgehead atoms. The Balaban J connectivity index is 2.49. The lowest BCUT2D eigenvalue weighted by Gasteiger charge is -2.04. The van der Waals surface area contributed by atoms with E-state index in [1.54, 1.807) is 12.1 Å². The molecule has 0 fully saturated rings. The van der Waals surface area contributed by atoms with Gasteiger partial charge in [0, 0.05) is 0 Å². The first-order valence-corrected chi connectivity index (χ1v) is 6.29. The minimum atomic E-state index is -3.13. The van der Waals surface area contributed by atoms with E-state index in [9.17, 15) is 8.76 Å². The van der Waals surface area contributed by atoms with Crippen LogP contribution in [0.5, 0.6) is 0 Å². The second-order valence-electron chi connectivity index (χ2n) is 3.35. The van der Waals surface area contributed by atoms with Crippen molar-refractivity contribution in [1.82, 2.24) is 4.98 Å². The van der Waals surface area contributed by atoms with Crippen molar-refractivity contribution >= 4 is 9.80 Å². The van der Waals surface area contributed by atoms with Crippen LogP contribution in [0.25, 0.3) is 0 Å². The van der Waals surface area contributed by atoms with Crippen LogP contribution in [0.4, 0.5) is 0 Å². The summed E-state index contributed by atoms with van der Waals surface area (Å²) in [6.45, 7) is 0. The molecule has 1 aromatic carbocycles. The molecule has 5 nitrogen and oxygen atoms in total. The highest BCUT2D eigenvalue weighted by molar-refractivity contribution is 7.89. The van der Waals surface area contributed by atoms with Crippen molar-refractivity contribution in [3.63, 3.8) is 0 Å². The Hall–Kier alpha value is -1.66. The van der Waals surface area contributed by atoms with Crippen LogP contribution in [-0.2, 0) is 15.6 Å². The maximum absolute atomic E-state index is 12.0. The first-order chi connectivity index (χ1) is 7.63. The van der Waals surface area contributed by atoms with Crippen LogP contribution in [0, 0.1) is 4.51 Å². The molecule has 84 valence electrons. The topological polar surface area (TPSA) is 88.6 Å². The van der Waals surface area contributed by atoms with Crippen LogP contribution < -0.4 is 11.3 Å². The first kappa shape index (κ1) is 10.8. The van der Waals surface area contributed by atoms with Gasteiger partial charge >= 0.3 is 0 Å². The highest BCUT2D eigenvalue weighted by atomic mass is 32.2. The zero-order valence-electron chi connectivity index (χ0n) is 8.41. The van der Waals surface area contributed by atoms with E-state index in [2.05, 4.69) is 10.1 Å². The van der Waals surface area contributed by atoms with Gasteiger partial charge < -0.3 is 10.4 Å². The third-order valence-corrected chi connectivity index (χ3v) is 3.90. The van der Waals surface area contributed by atoms with E-state index in [0.29, 0.717) is 0 Å². The van der Waals surface area contributed by atoms with E-state index in [1.807, 2.05) is 18.2 Å². The Kier molecular flexibility index (Phi) is 2.76. The molecule has 0 saturated carbocycles. The van der Waals surface area contributed by atoms with Crippen molar-refractivity contribution in [3.05, 3.63) is 52.1 Å². The van der Waals surface area contributed by atoms with Gasteiger partial charge in [0.05, 0.1) is 21.8 Å². The smallest absolute Gasteiger partial charge is 0.190 e. The maximum atomic E-state index is 12.0. The van der Waals surface area contributed by atoms with Gasteiger partial charge in [-0.3, -0.25) is 0 Å². The zero-order valence-corrected chi connectivity index (χ0v) is 9.22. The lowest BCUT2D eigenvalue weighted by atomic mass is 10.2. The summed E-state index contributed by atoms with van der Waals surface area (Å²) in [7, 11) is -3.13. The summed E-state index contributed by atoms with van der Waals surface area (Å²) in [5, 5.41) is 3.33. The Morgan fingerprint density at radius 2 is 2.06 bits per heavy atom. The zero-order chi connectivity index (χ0) is 11.6. The van der Waals surface area contributed by atoms with Gasteiger partial charge in [-0.1, -0.05) is 30.3 Å². The largest absolute Gasteiger partial charge is 0.321 e. The third kappa shape index (κ3) is 1.98. The molecule has 0 aliphatic carbocycles. The highest BCUT2D eigenvalue weighted by Crippen LogP contribution is 2.06. The first-order valence-electron chi connectivity index (χ1n) is 4.61. The SMILES string of the molecule is NN=c1ncc1=S(=O)(O)Cc1ccccc1. The fourth-order valence-electron chi connectivity index (χ4n) is 1.37. The molecule has 0 amide bonds. The quantitative estimate of drug-likeness (QED) is 0.444. The summed E-state index contributed by atoms with van der Waals surface area (Å²) in [5.74, 6) is 5.08. The van der Waals surface area contributed by atoms with Crippen molar-refractivity contribution in [3.8, 4) is 0 Å². The monoisotopic (exact) mass is 237 g/mol. The van der Waals surface area contributed by atoms with Crippen molar-refractivity contribution in [2.75, 3.05) is 0 Å². The predicted octanol–water partition coefficient (Wildman–Crippen LogP) is 0.221. The van der Waals surface area contributed by atoms with Crippen molar-refractivity contribution in [1.29, 1.82) is 0 Å². The Labute approximate surface area is 92.8 Å². The highest BCUT2D eigenvalue weighted by Gasteiger charge is 2.09. The Morgan fingerprint density at radius 1 is 1.38 bits per heavy atom. The van der Waals surface area contributed by atoms with E-state index in [-0.39, 0.29) is 15.8 Å². The molecular weight excluding hydrogens is 226 g/mol. The summed E-state index contributed by atoms with van der Waals surface area (Å²) < 4.78 is 22.1. The molecule has 1 aromatic heterocycles. The normalized spacial score (nSPS) is 16.2. The number of benzene rings is 1. The molecule has 6 heteroatoms. The summed E-state index contributed by atoms with van der Waals surface area (Å²) in [6, 6.07) is 9.09. The van der Waals surface area contributed by atoms with E-state index in [0.717, 1.165) is 5.56 Å². The molecule has 3 N–H and O–H groups in total. The molecule has 0 spiro atoms. The fourth-order valence-corrected chi connectivity index (χ4v) is 2.78. The molecular formula is C10H11N3O2S. The average molecular weight is 237 g/mol. The average Bonchev–Trinajstić information content (AvgIpc) is 2.16. The summed E-state index contributed by atoms with van der Waals surface area (Å²) in [4.78, 5) is 3.70. The minimum Gasteiger partial charge on any atom is -0.321 e. The maximum Gasteiger partial charge on any atom is 0.190 e. The molecule has 2 aromatic rings. The number of rotatable bonds is 2.